The number of carboxylic acids is 1. The predicted molar refractivity (Wildman–Crippen MR) is 99.5 cm³/mol. The van der Waals surface area contributed by atoms with Crippen LogP contribution in [0.4, 0.5) is 5.69 Å². The lowest BCUT2D eigenvalue weighted by molar-refractivity contribution is 0.0693. The molecule has 7 nitrogen and oxygen atoms in total. The molecule has 0 aliphatic rings. The molecule has 1 heterocycles. The topological polar surface area (TPSA) is 105 Å². The number of carbonyl (C=O) groups is 1. The largest absolute Gasteiger partial charge is 0.507 e. The molecule has 3 rings (SSSR count). The second-order valence-electron chi connectivity index (χ2n) is 5.38. The molecular formula is C18H15N3O4S. The summed E-state index contributed by atoms with van der Waals surface area (Å²) in [5, 5.41) is 18.5. The first kappa shape index (κ1) is 17.6. The maximum atomic E-state index is 11.0. The SMILES string of the molecule is O=C(O)c1cc(OCc2cnc(-c3cccc(NS)c3)nc2)ccc1O. The first-order valence-corrected chi connectivity index (χ1v) is 8.02. The minimum atomic E-state index is -1.22. The summed E-state index contributed by atoms with van der Waals surface area (Å²) >= 11 is 4.01. The Balaban J connectivity index is 1.70. The Kier molecular flexibility index (Phi) is 5.23. The normalized spacial score (nSPS) is 10.3. The maximum absolute atomic E-state index is 11.0. The van der Waals surface area contributed by atoms with Crippen molar-refractivity contribution in [1.82, 2.24) is 9.97 Å². The van der Waals surface area contributed by atoms with Crippen LogP contribution in [0.5, 0.6) is 11.5 Å². The van der Waals surface area contributed by atoms with Gasteiger partial charge in [0.1, 0.15) is 23.7 Å². The zero-order chi connectivity index (χ0) is 18.5. The number of ether oxygens (including phenoxy) is 1. The molecule has 0 bridgehead atoms. The average Bonchev–Trinajstić information content (AvgIpc) is 2.67. The van der Waals surface area contributed by atoms with Gasteiger partial charge >= 0.3 is 5.97 Å². The standard InChI is InChI=1S/C18H15N3O4S/c22-16-5-4-14(7-15(16)18(23)24)25-10-11-8-19-17(20-9-11)12-2-1-3-13(6-12)21-26/h1-9,21-22,26H,10H2,(H,23,24). The van der Waals surface area contributed by atoms with Crippen molar-refractivity contribution < 1.29 is 19.7 Å². The number of carboxylic acid groups (broad SMARTS) is 1. The second-order valence-corrected chi connectivity index (χ2v) is 5.60. The van der Waals surface area contributed by atoms with Gasteiger partial charge in [0.2, 0.25) is 0 Å². The predicted octanol–water partition coefficient (Wildman–Crippen LogP) is 3.38. The molecular weight excluding hydrogens is 354 g/mol. The zero-order valence-electron chi connectivity index (χ0n) is 13.5. The third-order valence-corrected chi connectivity index (χ3v) is 3.82. The maximum Gasteiger partial charge on any atom is 0.339 e. The molecule has 132 valence electrons. The third kappa shape index (κ3) is 4.04. The first-order valence-electron chi connectivity index (χ1n) is 7.57. The molecule has 3 aromatic rings. The van der Waals surface area contributed by atoms with E-state index in [4.69, 9.17) is 9.84 Å². The number of thiol groups is 1. The molecule has 0 aliphatic heterocycles. The number of aromatic hydroxyl groups is 1. The quantitative estimate of drug-likeness (QED) is 0.494. The van der Waals surface area contributed by atoms with E-state index < -0.39 is 5.97 Å². The molecule has 26 heavy (non-hydrogen) atoms. The van der Waals surface area contributed by atoms with E-state index in [9.17, 15) is 9.90 Å². The number of aromatic carboxylic acids is 1. The summed E-state index contributed by atoms with van der Waals surface area (Å²) in [5.74, 6) is -0.636. The molecule has 0 fully saturated rings. The number of anilines is 1. The highest BCUT2D eigenvalue weighted by Gasteiger charge is 2.11. The van der Waals surface area contributed by atoms with Crippen LogP contribution >= 0.6 is 12.8 Å². The lowest BCUT2D eigenvalue weighted by Gasteiger charge is -2.08. The van der Waals surface area contributed by atoms with E-state index in [1.807, 2.05) is 24.3 Å². The van der Waals surface area contributed by atoms with Crippen LogP contribution in [0.1, 0.15) is 15.9 Å². The minimum absolute atomic E-state index is 0.169. The number of aromatic nitrogens is 2. The van der Waals surface area contributed by atoms with Crippen molar-refractivity contribution in [2.24, 2.45) is 0 Å². The molecule has 1 aromatic heterocycles. The Labute approximate surface area is 154 Å². The number of phenols is 1. The summed E-state index contributed by atoms with van der Waals surface area (Å²) in [4.78, 5) is 19.7. The summed E-state index contributed by atoms with van der Waals surface area (Å²) in [6.07, 6.45) is 3.28. The zero-order valence-corrected chi connectivity index (χ0v) is 14.4. The molecule has 0 amide bonds. The van der Waals surface area contributed by atoms with E-state index in [2.05, 4.69) is 27.5 Å². The number of nitrogens with zero attached hydrogens (tertiary/aromatic N) is 2. The number of hydrogen-bond donors (Lipinski definition) is 4. The Bertz CT molecular complexity index is 932. The molecule has 3 N–H and O–H groups in total. The van der Waals surface area contributed by atoms with Crippen molar-refractivity contribution in [3.05, 3.63) is 66.0 Å². The van der Waals surface area contributed by atoms with Crippen molar-refractivity contribution in [3.63, 3.8) is 0 Å². The Morgan fingerprint density at radius 1 is 1.15 bits per heavy atom. The summed E-state index contributed by atoms with van der Waals surface area (Å²) in [6, 6.07) is 11.6. The lowest BCUT2D eigenvalue weighted by Crippen LogP contribution is -2.01. The minimum Gasteiger partial charge on any atom is -0.507 e. The summed E-state index contributed by atoms with van der Waals surface area (Å²) in [6.45, 7) is 0.169. The number of hydrogen-bond acceptors (Lipinski definition) is 7. The monoisotopic (exact) mass is 369 g/mol. The lowest BCUT2D eigenvalue weighted by atomic mass is 10.2. The molecule has 0 unspecified atom stereocenters. The van der Waals surface area contributed by atoms with Crippen molar-refractivity contribution in [3.8, 4) is 22.9 Å². The van der Waals surface area contributed by atoms with Crippen LogP contribution in [0.25, 0.3) is 11.4 Å². The van der Waals surface area contributed by atoms with Gasteiger partial charge in [0.05, 0.1) is 0 Å². The van der Waals surface area contributed by atoms with Crippen LogP contribution < -0.4 is 9.46 Å². The summed E-state index contributed by atoms with van der Waals surface area (Å²) in [5.41, 5.74) is 2.19. The molecule has 0 saturated heterocycles. The molecule has 0 aliphatic carbocycles. The highest BCUT2D eigenvalue weighted by Crippen LogP contribution is 2.24. The second kappa shape index (κ2) is 7.75. The first-order chi connectivity index (χ1) is 12.6. The highest BCUT2D eigenvalue weighted by atomic mass is 32.1. The summed E-state index contributed by atoms with van der Waals surface area (Å²) in [7, 11) is 0. The Morgan fingerprint density at radius 3 is 2.62 bits per heavy atom. The van der Waals surface area contributed by atoms with Crippen LogP contribution in [0, 0.1) is 0 Å². The van der Waals surface area contributed by atoms with Crippen molar-refractivity contribution in [1.29, 1.82) is 0 Å². The van der Waals surface area contributed by atoms with E-state index in [1.165, 1.54) is 18.2 Å². The molecule has 0 atom stereocenters. The van der Waals surface area contributed by atoms with Crippen LogP contribution in [0.3, 0.4) is 0 Å². The van der Waals surface area contributed by atoms with Gasteiger partial charge in [0.15, 0.2) is 5.82 Å². The van der Waals surface area contributed by atoms with Gasteiger partial charge in [-0.3, -0.25) is 0 Å². The van der Waals surface area contributed by atoms with Crippen molar-refractivity contribution in [2.45, 2.75) is 6.61 Å². The van der Waals surface area contributed by atoms with Gasteiger partial charge < -0.3 is 19.7 Å². The van der Waals surface area contributed by atoms with Gasteiger partial charge in [-0.05, 0) is 30.3 Å². The Hall–Kier alpha value is -3.26. The van der Waals surface area contributed by atoms with E-state index in [-0.39, 0.29) is 17.9 Å². The summed E-state index contributed by atoms with van der Waals surface area (Å²) < 4.78 is 8.31. The van der Waals surface area contributed by atoms with E-state index in [1.54, 1.807) is 12.4 Å². The van der Waals surface area contributed by atoms with Crippen LogP contribution in [0.15, 0.2) is 54.9 Å². The van der Waals surface area contributed by atoms with Crippen molar-refractivity contribution >= 4 is 24.5 Å². The fourth-order valence-corrected chi connectivity index (χ4v) is 2.39. The van der Waals surface area contributed by atoms with E-state index in [0.29, 0.717) is 11.6 Å². The van der Waals surface area contributed by atoms with Gasteiger partial charge in [-0.2, -0.15) is 0 Å². The smallest absolute Gasteiger partial charge is 0.339 e. The fourth-order valence-electron chi connectivity index (χ4n) is 2.25. The third-order valence-electron chi connectivity index (χ3n) is 3.56. The van der Waals surface area contributed by atoms with Gasteiger partial charge in [-0.25, -0.2) is 14.8 Å². The highest BCUT2D eigenvalue weighted by molar-refractivity contribution is 7.81. The van der Waals surface area contributed by atoms with Crippen molar-refractivity contribution in [2.75, 3.05) is 4.72 Å². The number of benzene rings is 2. The van der Waals surface area contributed by atoms with Gasteiger partial charge in [0.25, 0.3) is 0 Å². The van der Waals surface area contributed by atoms with Crippen LogP contribution in [0.2, 0.25) is 0 Å². The number of nitrogens with one attached hydrogen (secondary N) is 1. The van der Waals surface area contributed by atoms with Crippen LogP contribution in [-0.4, -0.2) is 26.2 Å². The molecule has 8 heteroatoms. The Morgan fingerprint density at radius 2 is 1.92 bits per heavy atom. The fraction of sp³-hybridized carbons (Fsp3) is 0.0556. The average molecular weight is 369 g/mol. The molecule has 0 radical (unpaired) electrons. The van der Waals surface area contributed by atoms with Gasteiger partial charge in [-0.15, -0.1) is 0 Å². The number of rotatable bonds is 6. The van der Waals surface area contributed by atoms with Crippen LogP contribution in [-0.2, 0) is 6.61 Å². The van der Waals surface area contributed by atoms with E-state index >= 15 is 0 Å². The van der Waals surface area contributed by atoms with Gasteiger partial charge in [-0.1, -0.05) is 24.9 Å². The van der Waals surface area contributed by atoms with E-state index in [0.717, 1.165) is 16.8 Å². The molecule has 0 spiro atoms. The molecule has 0 saturated carbocycles. The molecule has 2 aromatic carbocycles. The van der Waals surface area contributed by atoms with Gasteiger partial charge in [0, 0.05) is 29.2 Å².